The lowest BCUT2D eigenvalue weighted by Gasteiger charge is -2.33. The molecule has 7 heteroatoms. The maximum Gasteiger partial charge on any atom is 0.256 e. The van der Waals surface area contributed by atoms with Crippen LogP contribution in [-0.4, -0.2) is 40.2 Å². The number of carbonyl (C=O) groups excluding carboxylic acids is 3. The maximum absolute atomic E-state index is 12.3. The Kier molecular flexibility index (Phi) is 3.94. The number of imide groups is 1. The Morgan fingerprint density at radius 1 is 1.53 bits per heavy atom. The van der Waals surface area contributed by atoms with E-state index in [0.29, 0.717) is 16.5 Å². The van der Waals surface area contributed by atoms with Gasteiger partial charge >= 0.3 is 0 Å². The lowest BCUT2D eigenvalue weighted by Crippen LogP contribution is -2.59. The first kappa shape index (κ1) is 13.7. The maximum atomic E-state index is 12.3. The Labute approximate surface area is 118 Å². The largest absolute Gasteiger partial charge is 0.317 e. The number of pyridine rings is 1. The summed E-state index contributed by atoms with van der Waals surface area (Å²) in [6.07, 6.45) is 3.42. The number of piperazine rings is 1. The van der Waals surface area contributed by atoms with Crippen molar-refractivity contribution in [2.75, 3.05) is 6.54 Å². The van der Waals surface area contributed by atoms with E-state index < -0.39 is 17.9 Å². The zero-order valence-electron chi connectivity index (χ0n) is 10.2. The zero-order chi connectivity index (χ0) is 14.0. The number of nitrogens with one attached hydrogen (secondary N) is 1. The molecule has 0 aliphatic carbocycles. The first-order valence-corrected chi connectivity index (χ1v) is 6.57. The van der Waals surface area contributed by atoms with Crippen LogP contribution >= 0.6 is 15.9 Å². The first-order chi connectivity index (χ1) is 9.02. The minimum absolute atomic E-state index is 0.115. The van der Waals surface area contributed by atoms with Gasteiger partial charge in [-0.2, -0.15) is 0 Å². The van der Waals surface area contributed by atoms with Gasteiger partial charge in [0.2, 0.25) is 11.8 Å². The van der Waals surface area contributed by atoms with E-state index in [2.05, 4.69) is 26.2 Å². The molecule has 3 amide bonds. The zero-order valence-corrected chi connectivity index (χ0v) is 11.8. The van der Waals surface area contributed by atoms with Gasteiger partial charge in [-0.1, -0.05) is 6.92 Å². The molecule has 100 valence electrons. The van der Waals surface area contributed by atoms with Gasteiger partial charge < -0.3 is 4.90 Å². The van der Waals surface area contributed by atoms with Crippen molar-refractivity contribution in [1.29, 1.82) is 0 Å². The van der Waals surface area contributed by atoms with Gasteiger partial charge in [-0.3, -0.25) is 24.7 Å². The molecule has 0 saturated carbocycles. The number of hydrogen-bond acceptors (Lipinski definition) is 4. The summed E-state index contributed by atoms with van der Waals surface area (Å²) in [6, 6.07) is 0.989. The summed E-state index contributed by atoms with van der Waals surface area (Å²) < 4.78 is 0.666. The molecule has 0 radical (unpaired) electrons. The van der Waals surface area contributed by atoms with Crippen molar-refractivity contribution in [2.45, 2.75) is 19.4 Å². The smallest absolute Gasteiger partial charge is 0.256 e. The lowest BCUT2D eigenvalue weighted by atomic mass is 10.1. The number of carbonyl (C=O) groups is 3. The highest BCUT2D eigenvalue weighted by Crippen LogP contribution is 2.16. The summed E-state index contributed by atoms with van der Waals surface area (Å²) in [5, 5.41) is 2.23. The molecule has 1 saturated heterocycles. The van der Waals surface area contributed by atoms with Crippen molar-refractivity contribution in [3.63, 3.8) is 0 Å². The molecule has 6 nitrogen and oxygen atoms in total. The molecule has 1 N–H and O–H groups in total. The number of nitrogens with zero attached hydrogens (tertiary/aromatic N) is 2. The van der Waals surface area contributed by atoms with Gasteiger partial charge in [-0.15, -0.1) is 0 Å². The molecule has 2 rings (SSSR count). The van der Waals surface area contributed by atoms with Gasteiger partial charge in [-0.25, -0.2) is 0 Å². The Bertz CT molecular complexity index is 547. The molecule has 1 aliphatic heterocycles. The monoisotopic (exact) mass is 325 g/mol. The summed E-state index contributed by atoms with van der Waals surface area (Å²) in [5.41, 5.74) is 0.343. The minimum atomic E-state index is -0.621. The molecule has 1 unspecified atom stereocenters. The molecule has 19 heavy (non-hydrogen) atoms. The van der Waals surface area contributed by atoms with E-state index in [0.717, 1.165) is 0 Å². The van der Waals surface area contributed by atoms with Crippen LogP contribution in [0.2, 0.25) is 0 Å². The summed E-state index contributed by atoms with van der Waals surface area (Å²) in [5.74, 6) is -1.27. The van der Waals surface area contributed by atoms with Crippen LogP contribution in [0.3, 0.4) is 0 Å². The van der Waals surface area contributed by atoms with Crippen molar-refractivity contribution >= 4 is 33.7 Å². The molecule has 1 aromatic heterocycles. The van der Waals surface area contributed by atoms with E-state index in [4.69, 9.17) is 0 Å². The Morgan fingerprint density at radius 3 is 2.89 bits per heavy atom. The third kappa shape index (κ3) is 2.81. The van der Waals surface area contributed by atoms with Crippen molar-refractivity contribution in [3.05, 3.63) is 28.5 Å². The van der Waals surface area contributed by atoms with Crippen molar-refractivity contribution < 1.29 is 14.4 Å². The van der Waals surface area contributed by atoms with Crippen LogP contribution in [0.5, 0.6) is 0 Å². The van der Waals surface area contributed by atoms with E-state index in [1.807, 2.05) is 0 Å². The number of aromatic nitrogens is 1. The average molecular weight is 326 g/mol. The fourth-order valence-electron chi connectivity index (χ4n) is 1.98. The topological polar surface area (TPSA) is 79.4 Å². The van der Waals surface area contributed by atoms with E-state index >= 15 is 0 Å². The molecule has 0 bridgehead atoms. The first-order valence-electron chi connectivity index (χ1n) is 5.78. The van der Waals surface area contributed by atoms with Crippen LogP contribution in [0, 0.1) is 0 Å². The molecular weight excluding hydrogens is 314 g/mol. The molecule has 1 fully saturated rings. The van der Waals surface area contributed by atoms with Gasteiger partial charge in [-0.05, 0) is 28.4 Å². The van der Waals surface area contributed by atoms with Crippen LogP contribution in [0.1, 0.15) is 23.7 Å². The molecule has 2 heterocycles. The van der Waals surface area contributed by atoms with Crippen LogP contribution in [0.4, 0.5) is 0 Å². The molecule has 1 atom stereocenters. The number of hydrogen-bond donors (Lipinski definition) is 1. The second-order valence-corrected chi connectivity index (χ2v) is 5.08. The Morgan fingerprint density at radius 2 is 2.26 bits per heavy atom. The predicted molar refractivity (Wildman–Crippen MR) is 70.2 cm³/mol. The minimum Gasteiger partial charge on any atom is -0.317 e. The van der Waals surface area contributed by atoms with E-state index in [-0.39, 0.29) is 12.5 Å². The third-order valence-corrected chi connectivity index (χ3v) is 3.29. The molecular formula is C12H12BrN3O3. The van der Waals surface area contributed by atoms with E-state index in [1.54, 1.807) is 19.2 Å². The van der Waals surface area contributed by atoms with Crippen molar-refractivity contribution in [1.82, 2.24) is 15.2 Å². The fourth-order valence-corrected chi connectivity index (χ4v) is 2.35. The van der Waals surface area contributed by atoms with Crippen LogP contribution in [0.25, 0.3) is 0 Å². The van der Waals surface area contributed by atoms with Gasteiger partial charge in [0.05, 0.1) is 5.56 Å². The number of halogens is 1. The molecule has 1 aliphatic rings. The van der Waals surface area contributed by atoms with Gasteiger partial charge in [0.25, 0.3) is 5.91 Å². The predicted octanol–water partition coefficient (Wildman–Crippen LogP) is 0.721. The van der Waals surface area contributed by atoms with E-state index in [9.17, 15) is 14.4 Å². The highest BCUT2D eigenvalue weighted by Gasteiger charge is 2.35. The lowest BCUT2D eigenvalue weighted by molar-refractivity contribution is -0.138. The standard InChI is InChI=1S/C12H12BrN3O3/c1-2-9-11(18)15-10(17)6-16(9)12(19)7-3-8(13)5-14-4-7/h3-5,9H,2,6H2,1H3,(H,15,17,18). The fraction of sp³-hybridized carbons (Fsp3) is 0.333. The highest BCUT2D eigenvalue weighted by atomic mass is 79.9. The second kappa shape index (κ2) is 5.48. The number of rotatable bonds is 2. The average Bonchev–Trinajstić information content (AvgIpc) is 2.37. The SMILES string of the molecule is CCC1C(=O)NC(=O)CN1C(=O)c1cncc(Br)c1. The van der Waals surface area contributed by atoms with Crippen molar-refractivity contribution in [2.24, 2.45) is 0 Å². The molecule has 1 aromatic rings. The summed E-state index contributed by atoms with van der Waals surface area (Å²) in [6.45, 7) is 1.68. The van der Waals surface area contributed by atoms with E-state index in [1.165, 1.54) is 11.1 Å². The van der Waals surface area contributed by atoms with Crippen LogP contribution in [0.15, 0.2) is 22.9 Å². The van der Waals surface area contributed by atoms with Crippen LogP contribution in [-0.2, 0) is 9.59 Å². The quantitative estimate of drug-likeness (QED) is 0.813. The molecule has 0 aromatic carbocycles. The van der Waals surface area contributed by atoms with Crippen molar-refractivity contribution in [3.8, 4) is 0 Å². The second-order valence-electron chi connectivity index (χ2n) is 4.16. The normalized spacial score (nSPS) is 19.3. The summed E-state index contributed by atoms with van der Waals surface area (Å²) in [4.78, 5) is 40.6. The van der Waals surface area contributed by atoms with Crippen LogP contribution < -0.4 is 5.32 Å². The molecule has 0 spiro atoms. The summed E-state index contributed by atoms with van der Waals surface area (Å²) >= 11 is 3.23. The van der Waals surface area contributed by atoms with Gasteiger partial charge in [0.15, 0.2) is 0 Å². The highest BCUT2D eigenvalue weighted by molar-refractivity contribution is 9.10. The Balaban J connectivity index is 2.30. The summed E-state index contributed by atoms with van der Waals surface area (Å²) in [7, 11) is 0. The third-order valence-electron chi connectivity index (χ3n) is 2.85. The van der Waals surface area contributed by atoms with Gasteiger partial charge in [0.1, 0.15) is 12.6 Å². The van der Waals surface area contributed by atoms with Gasteiger partial charge in [0, 0.05) is 16.9 Å². The Hall–Kier alpha value is -1.76. The number of amides is 3.